The van der Waals surface area contributed by atoms with Crippen molar-refractivity contribution in [2.45, 2.75) is 90.6 Å². The number of carbonyl (C=O) groups is 4. The van der Waals surface area contributed by atoms with Crippen LogP contribution in [0.25, 0.3) is 0 Å². The first-order valence-corrected chi connectivity index (χ1v) is 11.1. The first kappa shape index (κ1) is 29.8. The SMILES string of the molecule is CC(C)CC(NC(=O)C(N)CCCCN)C(=O)NC(C(=O)NC(C(=O)O)C(C)O)C(C)C. The number of aliphatic carboxylic acids is 1. The topological polar surface area (TPSA) is 197 Å². The van der Waals surface area contributed by atoms with Gasteiger partial charge in [-0.1, -0.05) is 34.1 Å². The smallest absolute Gasteiger partial charge is 0.328 e. The molecule has 0 spiro atoms. The van der Waals surface area contributed by atoms with Gasteiger partial charge < -0.3 is 37.6 Å². The molecule has 3 amide bonds. The fourth-order valence-electron chi connectivity index (χ4n) is 3.04. The Bertz CT molecular complexity index is 626. The fraction of sp³-hybridized carbons (Fsp3) is 0.810. The summed E-state index contributed by atoms with van der Waals surface area (Å²) in [6.45, 7) is 8.90. The van der Waals surface area contributed by atoms with Crippen LogP contribution in [0.4, 0.5) is 0 Å². The highest BCUT2D eigenvalue weighted by Crippen LogP contribution is 2.09. The third-order valence-electron chi connectivity index (χ3n) is 4.94. The molecule has 0 heterocycles. The maximum atomic E-state index is 12.9. The summed E-state index contributed by atoms with van der Waals surface area (Å²) < 4.78 is 0. The molecule has 11 heteroatoms. The number of unbranched alkanes of at least 4 members (excludes halogenated alkanes) is 1. The molecule has 0 aromatic rings. The van der Waals surface area contributed by atoms with Gasteiger partial charge in [-0.25, -0.2) is 4.79 Å². The molecular weight excluding hydrogens is 418 g/mol. The van der Waals surface area contributed by atoms with Crippen molar-refractivity contribution in [3.05, 3.63) is 0 Å². The molecule has 0 fully saturated rings. The number of hydrogen-bond donors (Lipinski definition) is 7. The molecule has 0 saturated carbocycles. The number of carboxylic acid groups (broad SMARTS) is 1. The van der Waals surface area contributed by atoms with Crippen molar-refractivity contribution in [2.75, 3.05) is 6.54 Å². The van der Waals surface area contributed by atoms with E-state index < -0.39 is 54.0 Å². The quantitative estimate of drug-likeness (QED) is 0.152. The Morgan fingerprint density at radius 3 is 1.84 bits per heavy atom. The summed E-state index contributed by atoms with van der Waals surface area (Å²) in [5, 5.41) is 26.3. The zero-order chi connectivity index (χ0) is 25.0. The zero-order valence-corrected chi connectivity index (χ0v) is 19.8. The second-order valence-corrected chi connectivity index (χ2v) is 8.88. The van der Waals surface area contributed by atoms with E-state index in [-0.39, 0.29) is 11.8 Å². The third-order valence-corrected chi connectivity index (χ3v) is 4.94. The highest BCUT2D eigenvalue weighted by molar-refractivity contribution is 5.94. The monoisotopic (exact) mass is 459 g/mol. The van der Waals surface area contributed by atoms with E-state index in [0.29, 0.717) is 25.8 Å². The third kappa shape index (κ3) is 10.9. The maximum absolute atomic E-state index is 12.9. The molecule has 0 aliphatic heterocycles. The number of aliphatic hydroxyl groups excluding tert-OH is 1. The molecule has 0 aliphatic carbocycles. The van der Waals surface area contributed by atoms with Crippen LogP contribution in [-0.2, 0) is 19.2 Å². The number of aliphatic hydroxyl groups is 1. The van der Waals surface area contributed by atoms with Gasteiger partial charge in [-0.15, -0.1) is 0 Å². The number of rotatable bonds is 15. The lowest BCUT2D eigenvalue weighted by atomic mass is 9.99. The minimum atomic E-state index is -1.52. The molecule has 0 saturated heterocycles. The Hall–Kier alpha value is -2.24. The molecule has 0 aromatic carbocycles. The van der Waals surface area contributed by atoms with Crippen molar-refractivity contribution in [3.8, 4) is 0 Å². The highest BCUT2D eigenvalue weighted by atomic mass is 16.4. The second kappa shape index (κ2) is 14.8. The van der Waals surface area contributed by atoms with Crippen LogP contribution in [0.1, 0.15) is 60.3 Å². The van der Waals surface area contributed by atoms with Crippen LogP contribution in [0.3, 0.4) is 0 Å². The summed E-state index contributed by atoms with van der Waals surface area (Å²) in [6, 6.07) is -4.27. The normalized spacial score (nSPS) is 16.1. The second-order valence-electron chi connectivity index (χ2n) is 8.88. The lowest BCUT2D eigenvalue weighted by Gasteiger charge is -2.28. The molecule has 186 valence electrons. The maximum Gasteiger partial charge on any atom is 0.328 e. The average Bonchev–Trinajstić information content (AvgIpc) is 2.68. The summed E-state index contributed by atoms with van der Waals surface area (Å²) in [6.07, 6.45) is 0.868. The van der Waals surface area contributed by atoms with Gasteiger partial charge in [0, 0.05) is 0 Å². The average molecular weight is 460 g/mol. The number of amides is 3. The first-order chi connectivity index (χ1) is 14.8. The predicted molar refractivity (Wildman–Crippen MR) is 120 cm³/mol. The van der Waals surface area contributed by atoms with Gasteiger partial charge in [-0.3, -0.25) is 14.4 Å². The van der Waals surface area contributed by atoms with E-state index in [1.807, 2.05) is 13.8 Å². The first-order valence-electron chi connectivity index (χ1n) is 11.1. The molecule has 5 atom stereocenters. The minimum Gasteiger partial charge on any atom is -0.480 e. The van der Waals surface area contributed by atoms with Crippen molar-refractivity contribution >= 4 is 23.7 Å². The van der Waals surface area contributed by atoms with Crippen LogP contribution in [0.15, 0.2) is 0 Å². The van der Waals surface area contributed by atoms with E-state index in [9.17, 15) is 29.4 Å². The number of nitrogens with one attached hydrogen (secondary N) is 3. The van der Waals surface area contributed by atoms with Gasteiger partial charge in [0.25, 0.3) is 0 Å². The van der Waals surface area contributed by atoms with Gasteiger partial charge in [-0.2, -0.15) is 0 Å². The molecule has 0 rings (SSSR count). The van der Waals surface area contributed by atoms with Crippen molar-refractivity contribution in [2.24, 2.45) is 23.3 Å². The molecule has 32 heavy (non-hydrogen) atoms. The Morgan fingerprint density at radius 2 is 1.41 bits per heavy atom. The van der Waals surface area contributed by atoms with E-state index in [4.69, 9.17) is 11.5 Å². The van der Waals surface area contributed by atoms with Crippen molar-refractivity contribution in [1.82, 2.24) is 16.0 Å². The molecule has 0 aromatic heterocycles. The Kier molecular flexibility index (Phi) is 13.7. The summed E-state index contributed by atoms with van der Waals surface area (Å²) in [5.41, 5.74) is 11.4. The number of hydrogen-bond acceptors (Lipinski definition) is 7. The Balaban J connectivity index is 5.33. The van der Waals surface area contributed by atoms with Crippen LogP contribution in [-0.4, -0.2) is 70.7 Å². The summed E-state index contributed by atoms with van der Waals surface area (Å²) >= 11 is 0. The summed E-state index contributed by atoms with van der Waals surface area (Å²) in [7, 11) is 0. The van der Waals surface area contributed by atoms with Gasteiger partial charge in [0.1, 0.15) is 12.1 Å². The van der Waals surface area contributed by atoms with Gasteiger partial charge in [0.15, 0.2) is 6.04 Å². The van der Waals surface area contributed by atoms with Crippen molar-refractivity contribution in [3.63, 3.8) is 0 Å². The molecule has 0 aliphatic rings. The van der Waals surface area contributed by atoms with Crippen LogP contribution < -0.4 is 27.4 Å². The Labute approximate surface area is 190 Å². The largest absolute Gasteiger partial charge is 0.480 e. The van der Waals surface area contributed by atoms with Crippen LogP contribution in [0.5, 0.6) is 0 Å². The molecular formula is C21H41N5O6. The fourth-order valence-corrected chi connectivity index (χ4v) is 3.04. The lowest BCUT2D eigenvalue weighted by Crippen LogP contribution is -2.59. The summed E-state index contributed by atoms with van der Waals surface area (Å²) in [4.78, 5) is 49.3. The van der Waals surface area contributed by atoms with Crippen LogP contribution >= 0.6 is 0 Å². The Morgan fingerprint density at radius 1 is 0.844 bits per heavy atom. The van der Waals surface area contributed by atoms with E-state index in [1.165, 1.54) is 6.92 Å². The van der Waals surface area contributed by atoms with E-state index in [2.05, 4.69) is 16.0 Å². The highest BCUT2D eigenvalue weighted by Gasteiger charge is 2.33. The van der Waals surface area contributed by atoms with Crippen molar-refractivity contribution in [1.29, 1.82) is 0 Å². The molecule has 0 bridgehead atoms. The van der Waals surface area contributed by atoms with Crippen molar-refractivity contribution < 1.29 is 29.4 Å². The predicted octanol–water partition coefficient (Wildman–Crippen LogP) is -0.935. The number of nitrogens with two attached hydrogens (primary N) is 2. The molecule has 0 radical (unpaired) electrons. The number of carbonyl (C=O) groups excluding carboxylic acids is 3. The molecule has 5 unspecified atom stereocenters. The minimum absolute atomic E-state index is 0.0671. The zero-order valence-electron chi connectivity index (χ0n) is 19.8. The van der Waals surface area contributed by atoms with Crippen LogP contribution in [0, 0.1) is 11.8 Å². The van der Waals surface area contributed by atoms with Gasteiger partial charge in [0.05, 0.1) is 12.1 Å². The number of carboxylic acids is 1. The van der Waals surface area contributed by atoms with E-state index in [0.717, 1.165) is 6.42 Å². The lowest BCUT2D eigenvalue weighted by molar-refractivity contribution is -0.145. The standard InChI is InChI=1S/C21H41N5O6/c1-11(2)10-15(24-18(28)14(23)8-6-7-9-22)19(29)25-16(12(3)4)20(30)26-17(13(5)27)21(31)32/h11-17,27H,6-10,22-23H2,1-5H3,(H,24,28)(H,25,29)(H,26,30)(H,31,32). The van der Waals surface area contributed by atoms with Crippen LogP contribution in [0.2, 0.25) is 0 Å². The van der Waals surface area contributed by atoms with Gasteiger partial charge >= 0.3 is 5.97 Å². The summed E-state index contributed by atoms with van der Waals surface area (Å²) in [5.74, 6) is -3.48. The molecule has 9 N–H and O–H groups in total. The molecule has 11 nitrogen and oxygen atoms in total. The van der Waals surface area contributed by atoms with E-state index in [1.54, 1.807) is 13.8 Å². The van der Waals surface area contributed by atoms with Gasteiger partial charge in [-0.05, 0) is 44.6 Å². The van der Waals surface area contributed by atoms with E-state index >= 15 is 0 Å². The van der Waals surface area contributed by atoms with Gasteiger partial charge in [0.2, 0.25) is 17.7 Å².